The summed E-state index contributed by atoms with van der Waals surface area (Å²) >= 11 is 0. The number of hydrogen-bond acceptors (Lipinski definition) is 4. The Bertz CT molecular complexity index is 517. The summed E-state index contributed by atoms with van der Waals surface area (Å²) in [6.07, 6.45) is 7.69. The summed E-state index contributed by atoms with van der Waals surface area (Å²) < 4.78 is 1.59. The fourth-order valence-electron chi connectivity index (χ4n) is 3.17. The van der Waals surface area contributed by atoms with Crippen LogP contribution in [0, 0.1) is 5.92 Å². The van der Waals surface area contributed by atoms with E-state index in [1.165, 1.54) is 11.3 Å². The molecular formula is C16H27N5O2. The molecule has 1 saturated carbocycles. The molecule has 3 atom stereocenters. The van der Waals surface area contributed by atoms with E-state index in [9.17, 15) is 9.59 Å². The zero-order valence-corrected chi connectivity index (χ0v) is 13.9. The van der Waals surface area contributed by atoms with Crippen LogP contribution in [0.15, 0.2) is 18.5 Å². The number of nitrogens with two attached hydrogens (primary N) is 1. The van der Waals surface area contributed by atoms with E-state index < -0.39 is 6.04 Å². The number of carbonyl (C=O) groups is 2. The van der Waals surface area contributed by atoms with Gasteiger partial charge in [0, 0.05) is 25.5 Å². The molecular weight excluding hydrogens is 294 g/mol. The first-order chi connectivity index (χ1) is 11.0. The average molecular weight is 321 g/mol. The van der Waals surface area contributed by atoms with Crippen molar-refractivity contribution in [2.45, 2.75) is 44.7 Å². The summed E-state index contributed by atoms with van der Waals surface area (Å²) in [5.74, 6) is 0.0819. The van der Waals surface area contributed by atoms with Crippen molar-refractivity contribution in [1.82, 2.24) is 20.0 Å². The Labute approximate surface area is 137 Å². The van der Waals surface area contributed by atoms with Gasteiger partial charge in [0.05, 0.1) is 6.54 Å². The topological polar surface area (TPSA) is 93.3 Å². The molecule has 1 aliphatic carbocycles. The van der Waals surface area contributed by atoms with Crippen molar-refractivity contribution in [2.75, 3.05) is 20.1 Å². The van der Waals surface area contributed by atoms with Crippen LogP contribution >= 0.6 is 0 Å². The molecule has 3 unspecified atom stereocenters. The molecule has 7 heteroatoms. The summed E-state index contributed by atoms with van der Waals surface area (Å²) in [5.41, 5.74) is 5.79. The number of carbonyl (C=O) groups excluding carboxylic acids is 2. The van der Waals surface area contributed by atoms with E-state index in [2.05, 4.69) is 10.4 Å². The minimum absolute atomic E-state index is 0.0538. The second-order valence-corrected chi connectivity index (χ2v) is 6.31. The van der Waals surface area contributed by atoms with Gasteiger partial charge in [-0.1, -0.05) is 12.8 Å². The smallest absolute Gasteiger partial charge is 0.247 e. The Morgan fingerprint density at radius 2 is 2.17 bits per heavy atom. The molecule has 1 aromatic rings. The second-order valence-electron chi connectivity index (χ2n) is 6.31. The third kappa shape index (κ3) is 4.54. The molecule has 0 radical (unpaired) electrons. The monoisotopic (exact) mass is 321 g/mol. The largest absolute Gasteiger partial charge is 0.352 e. The highest BCUT2D eigenvalue weighted by Gasteiger charge is 2.27. The Morgan fingerprint density at radius 3 is 2.83 bits per heavy atom. The fraction of sp³-hybridized carbons (Fsp3) is 0.688. The van der Waals surface area contributed by atoms with E-state index in [0.717, 1.165) is 19.3 Å². The average Bonchev–Trinajstić information content (AvgIpc) is 3.08. The Hall–Kier alpha value is -1.89. The number of hydrogen-bond donors (Lipinski definition) is 2. The Balaban J connectivity index is 1.85. The molecule has 1 heterocycles. The van der Waals surface area contributed by atoms with E-state index in [-0.39, 0.29) is 24.4 Å². The minimum atomic E-state index is -0.422. The summed E-state index contributed by atoms with van der Waals surface area (Å²) in [4.78, 5) is 26.0. The van der Waals surface area contributed by atoms with Crippen LogP contribution < -0.4 is 11.1 Å². The van der Waals surface area contributed by atoms with E-state index in [4.69, 9.17) is 5.73 Å². The maximum atomic E-state index is 12.4. The maximum absolute atomic E-state index is 12.4. The van der Waals surface area contributed by atoms with Gasteiger partial charge in [0.25, 0.3) is 0 Å². The SMILES string of the molecule is CC(C(=O)N(C)CC(=O)NC1CCCCC1CN)n1cccn1. The van der Waals surface area contributed by atoms with Crippen molar-refractivity contribution >= 4 is 11.8 Å². The van der Waals surface area contributed by atoms with Crippen LogP contribution in [0.5, 0.6) is 0 Å². The van der Waals surface area contributed by atoms with Crippen molar-refractivity contribution in [3.05, 3.63) is 18.5 Å². The van der Waals surface area contributed by atoms with Gasteiger partial charge in [-0.15, -0.1) is 0 Å². The van der Waals surface area contributed by atoms with Crippen molar-refractivity contribution in [1.29, 1.82) is 0 Å². The summed E-state index contributed by atoms with van der Waals surface area (Å²) in [7, 11) is 1.64. The highest BCUT2D eigenvalue weighted by Crippen LogP contribution is 2.23. The van der Waals surface area contributed by atoms with Gasteiger partial charge in [0.2, 0.25) is 11.8 Å². The third-order valence-electron chi connectivity index (χ3n) is 4.59. The fourth-order valence-corrected chi connectivity index (χ4v) is 3.17. The number of nitrogens with one attached hydrogen (secondary N) is 1. The van der Waals surface area contributed by atoms with Gasteiger partial charge >= 0.3 is 0 Å². The number of amides is 2. The number of rotatable bonds is 6. The van der Waals surface area contributed by atoms with E-state index in [1.807, 2.05) is 0 Å². The molecule has 2 rings (SSSR count). The lowest BCUT2D eigenvalue weighted by molar-refractivity contribution is -0.137. The quantitative estimate of drug-likeness (QED) is 0.799. The van der Waals surface area contributed by atoms with Gasteiger partial charge in [-0.25, -0.2) is 0 Å². The van der Waals surface area contributed by atoms with Gasteiger partial charge in [0.1, 0.15) is 6.04 Å². The first-order valence-corrected chi connectivity index (χ1v) is 8.26. The lowest BCUT2D eigenvalue weighted by atomic mass is 9.84. The van der Waals surface area contributed by atoms with Gasteiger partial charge in [-0.3, -0.25) is 14.3 Å². The van der Waals surface area contributed by atoms with Gasteiger partial charge in [0.15, 0.2) is 0 Å². The molecule has 0 saturated heterocycles. The van der Waals surface area contributed by atoms with Crippen LogP contribution in [-0.4, -0.2) is 52.7 Å². The first kappa shape index (κ1) is 17.5. The zero-order valence-electron chi connectivity index (χ0n) is 13.9. The minimum Gasteiger partial charge on any atom is -0.352 e. The number of aromatic nitrogens is 2. The maximum Gasteiger partial charge on any atom is 0.247 e. The van der Waals surface area contributed by atoms with Crippen LogP contribution in [-0.2, 0) is 9.59 Å². The number of likely N-dealkylation sites (N-methyl/N-ethyl adjacent to an activating group) is 1. The molecule has 0 aromatic carbocycles. The third-order valence-corrected chi connectivity index (χ3v) is 4.59. The van der Waals surface area contributed by atoms with Gasteiger partial charge in [-0.2, -0.15) is 5.10 Å². The Kier molecular flexibility index (Phi) is 6.15. The number of nitrogens with zero attached hydrogens (tertiary/aromatic N) is 3. The molecule has 7 nitrogen and oxygen atoms in total. The molecule has 1 aliphatic rings. The highest BCUT2D eigenvalue weighted by molar-refractivity contribution is 5.86. The molecule has 1 fully saturated rings. The van der Waals surface area contributed by atoms with E-state index in [0.29, 0.717) is 12.5 Å². The second kappa shape index (κ2) is 8.10. The predicted molar refractivity (Wildman–Crippen MR) is 87.5 cm³/mol. The van der Waals surface area contributed by atoms with Crippen LogP contribution in [0.3, 0.4) is 0 Å². The van der Waals surface area contributed by atoms with Crippen LogP contribution in [0.2, 0.25) is 0 Å². The lowest BCUT2D eigenvalue weighted by Crippen LogP contribution is -2.48. The molecule has 1 aromatic heterocycles. The molecule has 128 valence electrons. The summed E-state index contributed by atoms with van der Waals surface area (Å²) in [5, 5.41) is 7.11. The van der Waals surface area contributed by atoms with E-state index >= 15 is 0 Å². The molecule has 0 aliphatic heterocycles. The van der Waals surface area contributed by atoms with Crippen molar-refractivity contribution in [3.63, 3.8) is 0 Å². The van der Waals surface area contributed by atoms with E-state index in [1.54, 1.807) is 37.1 Å². The van der Waals surface area contributed by atoms with Crippen molar-refractivity contribution in [2.24, 2.45) is 11.7 Å². The summed E-state index contributed by atoms with van der Waals surface area (Å²) in [6.45, 7) is 2.42. The molecule has 0 spiro atoms. The zero-order chi connectivity index (χ0) is 16.8. The Morgan fingerprint density at radius 1 is 1.43 bits per heavy atom. The predicted octanol–water partition coefficient (Wildman–Crippen LogP) is 0.536. The molecule has 3 N–H and O–H groups in total. The molecule has 23 heavy (non-hydrogen) atoms. The summed E-state index contributed by atoms with van der Waals surface area (Å²) in [6, 6.07) is 1.48. The standard InChI is InChI=1S/C16H27N5O2/c1-12(21-9-5-8-18-21)16(23)20(2)11-15(22)19-14-7-4-3-6-13(14)10-17/h5,8-9,12-14H,3-4,6-7,10-11,17H2,1-2H3,(H,19,22). The lowest BCUT2D eigenvalue weighted by Gasteiger charge is -2.32. The van der Waals surface area contributed by atoms with Crippen LogP contribution in [0.4, 0.5) is 0 Å². The normalized spacial score (nSPS) is 22.4. The first-order valence-electron chi connectivity index (χ1n) is 8.26. The van der Waals surface area contributed by atoms with Crippen molar-refractivity contribution < 1.29 is 9.59 Å². The highest BCUT2D eigenvalue weighted by atomic mass is 16.2. The molecule has 2 amide bonds. The van der Waals surface area contributed by atoms with Crippen molar-refractivity contribution in [3.8, 4) is 0 Å². The van der Waals surface area contributed by atoms with Gasteiger partial charge < -0.3 is 16.0 Å². The van der Waals surface area contributed by atoms with Gasteiger partial charge in [-0.05, 0) is 38.3 Å². The van der Waals surface area contributed by atoms with Crippen LogP contribution in [0.1, 0.15) is 38.6 Å². The van der Waals surface area contributed by atoms with Crippen LogP contribution in [0.25, 0.3) is 0 Å². The molecule has 0 bridgehead atoms.